The summed E-state index contributed by atoms with van der Waals surface area (Å²) in [7, 11) is -3.27. The monoisotopic (exact) mass is 317 g/mol. The summed E-state index contributed by atoms with van der Waals surface area (Å²) >= 11 is 0. The van der Waals surface area contributed by atoms with Crippen molar-refractivity contribution in [2.45, 2.75) is 13.5 Å². The third kappa shape index (κ3) is 2.92. The highest BCUT2D eigenvalue weighted by molar-refractivity contribution is 7.92. The molecule has 0 fully saturated rings. The van der Waals surface area contributed by atoms with Crippen LogP contribution in [0.15, 0.2) is 42.6 Å². The van der Waals surface area contributed by atoms with Crippen LogP contribution >= 0.6 is 0 Å². The van der Waals surface area contributed by atoms with Gasteiger partial charge in [-0.15, -0.1) is 0 Å². The van der Waals surface area contributed by atoms with E-state index >= 15 is 0 Å². The van der Waals surface area contributed by atoms with E-state index in [0.29, 0.717) is 18.8 Å². The van der Waals surface area contributed by atoms with Gasteiger partial charge in [-0.1, -0.05) is 29.8 Å². The van der Waals surface area contributed by atoms with E-state index in [1.54, 1.807) is 12.3 Å². The van der Waals surface area contributed by atoms with Gasteiger partial charge < -0.3 is 4.90 Å². The van der Waals surface area contributed by atoms with Crippen molar-refractivity contribution in [3.05, 3.63) is 53.7 Å². The Morgan fingerprint density at radius 3 is 2.55 bits per heavy atom. The Balaban J connectivity index is 1.93. The minimum atomic E-state index is -3.27. The molecule has 0 atom stereocenters. The van der Waals surface area contributed by atoms with E-state index < -0.39 is 10.0 Å². The Hall–Kier alpha value is -2.08. The Morgan fingerprint density at radius 2 is 1.86 bits per heavy atom. The first kappa shape index (κ1) is 14.8. The van der Waals surface area contributed by atoms with Crippen LogP contribution in [0.5, 0.6) is 0 Å². The molecule has 2 heterocycles. The summed E-state index contributed by atoms with van der Waals surface area (Å²) in [4.78, 5) is 6.52. The molecule has 1 aliphatic heterocycles. The van der Waals surface area contributed by atoms with E-state index in [9.17, 15) is 8.42 Å². The summed E-state index contributed by atoms with van der Waals surface area (Å²) in [6, 6.07) is 11.9. The fourth-order valence-corrected chi connectivity index (χ4v) is 3.59. The van der Waals surface area contributed by atoms with Gasteiger partial charge >= 0.3 is 0 Å². The van der Waals surface area contributed by atoms with Gasteiger partial charge in [0.2, 0.25) is 10.0 Å². The van der Waals surface area contributed by atoms with Crippen LogP contribution in [0.1, 0.15) is 11.1 Å². The fourth-order valence-electron chi connectivity index (χ4n) is 2.68. The van der Waals surface area contributed by atoms with E-state index in [4.69, 9.17) is 0 Å². The second-order valence-corrected chi connectivity index (χ2v) is 7.50. The molecule has 0 N–H and O–H groups in total. The van der Waals surface area contributed by atoms with E-state index in [1.807, 2.05) is 6.07 Å². The van der Waals surface area contributed by atoms with E-state index in [2.05, 4.69) is 41.1 Å². The topological polar surface area (TPSA) is 53.5 Å². The Kier molecular flexibility index (Phi) is 3.78. The van der Waals surface area contributed by atoms with Crippen molar-refractivity contribution < 1.29 is 8.42 Å². The number of aromatic nitrogens is 1. The molecule has 0 saturated heterocycles. The van der Waals surface area contributed by atoms with Crippen LogP contribution in [0.25, 0.3) is 0 Å². The van der Waals surface area contributed by atoms with Gasteiger partial charge in [0, 0.05) is 19.3 Å². The van der Waals surface area contributed by atoms with E-state index in [1.165, 1.54) is 21.7 Å². The molecule has 0 aliphatic carbocycles. The van der Waals surface area contributed by atoms with E-state index in [0.717, 1.165) is 12.4 Å². The van der Waals surface area contributed by atoms with Gasteiger partial charge in [-0.05, 0) is 24.6 Å². The van der Waals surface area contributed by atoms with Gasteiger partial charge in [0.25, 0.3) is 0 Å². The average Bonchev–Trinajstić information content (AvgIpc) is 2.48. The molecular formula is C16H19N3O2S. The zero-order chi connectivity index (χ0) is 15.7. The molecule has 0 unspecified atom stereocenters. The molecule has 5 nitrogen and oxygen atoms in total. The van der Waals surface area contributed by atoms with Gasteiger partial charge in [0.1, 0.15) is 0 Å². The van der Waals surface area contributed by atoms with Crippen LogP contribution in [-0.2, 0) is 16.6 Å². The number of rotatable bonds is 3. The minimum absolute atomic E-state index is 0.448. The Labute approximate surface area is 131 Å². The van der Waals surface area contributed by atoms with Crippen molar-refractivity contribution in [3.63, 3.8) is 0 Å². The molecule has 22 heavy (non-hydrogen) atoms. The number of pyridine rings is 1. The highest BCUT2D eigenvalue weighted by Gasteiger charge is 2.28. The standard InChI is InChI=1S/C16H19N3O2S/c1-13-5-7-14(8-6-13)12-18-10-11-19(22(2,20)21)15-4-3-9-17-16(15)18/h3-9H,10-12H2,1-2H3. The molecule has 3 rings (SSSR count). The van der Waals surface area contributed by atoms with Gasteiger partial charge in [-0.2, -0.15) is 0 Å². The first-order valence-corrected chi connectivity index (χ1v) is 9.03. The average molecular weight is 317 g/mol. The molecule has 0 radical (unpaired) electrons. The number of hydrogen-bond donors (Lipinski definition) is 0. The van der Waals surface area contributed by atoms with Crippen molar-refractivity contribution in [2.75, 3.05) is 28.6 Å². The molecule has 0 saturated carbocycles. The largest absolute Gasteiger partial charge is 0.349 e. The number of hydrogen-bond acceptors (Lipinski definition) is 4. The highest BCUT2D eigenvalue weighted by Crippen LogP contribution is 2.32. The third-order valence-corrected chi connectivity index (χ3v) is 4.98. The van der Waals surface area contributed by atoms with Gasteiger partial charge in [-0.3, -0.25) is 4.31 Å². The molecule has 2 aromatic rings. The predicted octanol–water partition coefficient (Wildman–Crippen LogP) is 2.18. The summed E-state index contributed by atoms with van der Waals surface area (Å²) in [5.74, 6) is 0.722. The molecule has 0 bridgehead atoms. The lowest BCUT2D eigenvalue weighted by atomic mass is 10.1. The number of anilines is 2. The molecule has 6 heteroatoms. The maximum atomic E-state index is 11.9. The third-order valence-electron chi connectivity index (χ3n) is 3.80. The fraction of sp³-hybridized carbons (Fsp3) is 0.312. The highest BCUT2D eigenvalue weighted by atomic mass is 32.2. The summed E-state index contributed by atoms with van der Waals surface area (Å²) < 4.78 is 25.3. The van der Waals surface area contributed by atoms with E-state index in [-0.39, 0.29) is 0 Å². The van der Waals surface area contributed by atoms with Gasteiger partial charge in [0.05, 0.1) is 18.5 Å². The summed E-state index contributed by atoms with van der Waals surface area (Å²) in [6.45, 7) is 3.86. The summed E-state index contributed by atoms with van der Waals surface area (Å²) in [6.07, 6.45) is 2.94. The molecule has 116 valence electrons. The number of aryl methyl sites for hydroxylation is 1. The quantitative estimate of drug-likeness (QED) is 0.871. The smallest absolute Gasteiger partial charge is 0.232 e. The molecule has 1 aliphatic rings. The van der Waals surface area contributed by atoms with Crippen LogP contribution in [0.3, 0.4) is 0 Å². The van der Waals surface area contributed by atoms with Crippen molar-refractivity contribution in [2.24, 2.45) is 0 Å². The second-order valence-electron chi connectivity index (χ2n) is 5.59. The Morgan fingerprint density at radius 1 is 1.14 bits per heavy atom. The molecule has 0 spiro atoms. The SMILES string of the molecule is Cc1ccc(CN2CCN(S(C)(=O)=O)c3cccnc32)cc1. The maximum absolute atomic E-state index is 11.9. The van der Waals surface area contributed by atoms with Crippen LogP contribution in [0.2, 0.25) is 0 Å². The lowest BCUT2D eigenvalue weighted by Crippen LogP contribution is -2.43. The normalized spacial score (nSPS) is 14.8. The van der Waals surface area contributed by atoms with Crippen LogP contribution in [0, 0.1) is 6.92 Å². The summed E-state index contributed by atoms with van der Waals surface area (Å²) in [5.41, 5.74) is 3.07. The van der Waals surface area contributed by atoms with Crippen molar-refractivity contribution in [1.82, 2.24) is 4.98 Å². The maximum Gasteiger partial charge on any atom is 0.232 e. The Bertz CT molecular complexity index is 772. The van der Waals surface area contributed by atoms with Crippen molar-refractivity contribution in [3.8, 4) is 0 Å². The molecular weight excluding hydrogens is 298 g/mol. The number of nitrogens with zero attached hydrogens (tertiary/aromatic N) is 3. The first-order valence-electron chi connectivity index (χ1n) is 7.18. The summed E-state index contributed by atoms with van der Waals surface area (Å²) in [5, 5.41) is 0. The van der Waals surface area contributed by atoms with Crippen molar-refractivity contribution >= 4 is 21.5 Å². The van der Waals surface area contributed by atoms with Crippen LogP contribution in [-0.4, -0.2) is 32.7 Å². The minimum Gasteiger partial charge on any atom is -0.349 e. The molecule has 0 amide bonds. The predicted molar refractivity (Wildman–Crippen MR) is 88.7 cm³/mol. The lowest BCUT2D eigenvalue weighted by Gasteiger charge is -2.36. The molecule has 1 aromatic heterocycles. The van der Waals surface area contributed by atoms with Crippen LogP contribution < -0.4 is 9.21 Å². The number of sulfonamides is 1. The number of fused-ring (bicyclic) bond motifs is 1. The van der Waals surface area contributed by atoms with Gasteiger partial charge in [0.15, 0.2) is 5.82 Å². The van der Waals surface area contributed by atoms with Crippen molar-refractivity contribution in [1.29, 1.82) is 0 Å². The number of benzene rings is 1. The molecule has 1 aromatic carbocycles. The lowest BCUT2D eigenvalue weighted by molar-refractivity contribution is 0.593. The first-order chi connectivity index (χ1) is 10.4. The second kappa shape index (κ2) is 5.61. The van der Waals surface area contributed by atoms with Gasteiger partial charge in [-0.25, -0.2) is 13.4 Å². The zero-order valence-corrected chi connectivity index (χ0v) is 13.5. The van der Waals surface area contributed by atoms with Crippen LogP contribution in [0.4, 0.5) is 11.5 Å². The zero-order valence-electron chi connectivity index (χ0n) is 12.7.